The molecule has 0 unspecified atom stereocenters. The molecule has 1 fully saturated rings. The quantitative estimate of drug-likeness (QED) is 0.829. The number of anilines is 2. The molecular formula is C14H24N4O2S. The van der Waals surface area contributed by atoms with Crippen LogP contribution in [0.2, 0.25) is 0 Å². The minimum Gasteiger partial charge on any atom is -0.384 e. The van der Waals surface area contributed by atoms with Crippen molar-refractivity contribution in [1.82, 2.24) is 9.88 Å². The van der Waals surface area contributed by atoms with Crippen molar-refractivity contribution in [3.8, 4) is 0 Å². The highest BCUT2D eigenvalue weighted by atomic mass is 32.2. The fraction of sp³-hybridized carbons (Fsp3) is 0.643. The third-order valence-electron chi connectivity index (χ3n) is 3.88. The Bertz CT molecular complexity index is 537. The summed E-state index contributed by atoms with van der Waals surface area (Å²) < 4.78 is 22.9. The zero-order valence-corrected chi connectivity index (χ0v) is 13.3. The second kappa shape index (κ2) is 7.09. The molecule has 0 aliphatic carbocycles. The Morgan fingerprint density at radius 3 is 2.52 bits per heavy atom. The molecule has 1 aromatic heterocycles. The Hall–Kier alpha value is -1.34. The van der Waals surface area contributed by atoms with Crippen LogP contribution in [0.15, 0.2) is 18.3 Å². The first-order chi connectivity index (χ1) is 10.00. The van der Waals surface area contributed by atoms with Gasteiger partial charge in [-0.25, -0.2) is 13.4 Å². The number of nitrogen functional groups attached to an aromatic ring is 1. The van der Waals surface area contributed by atoms with Crippen LogP contribution >= 0.6 is 0 Å². The molecule has 0 atom stereocenters. The van der Waals surface area contributed by atoms with E-state index in [1.807, 2.05) is 12.1 Å². The molecule has 2 heterocycles. The van der Waals surface area contributed by atoms with Crippen molar-refractivity contribution >= 4 is 21.3 Å². The average molecular weight is 312 g/mol. The number of nitrogens with zero attached hydrogens (tertiary/aromatic N) is 3. The van der Waals surface area contributed by atoms with Crippen molar-refractivity contribution in [3.05, 3.63) is 18.3 Å². The van der Waals surface area contributed by atoms with E-state index in [0.29, 0.717) is 11.6 Å². The number of hydrogen-bond donors (Lipinski definition) is 1. The van der Waals surface area contributed by atoms with E-state index in [0.717, 1.165) is 44.8 Å². The molecule has 2 rings (SSSR count). The number of rotatable bonds is 6. The molecule has 7 heteroatoms. The molecule has 118 valence electrons. The SMILES string of the molecule is CCS(=O)(=O)CCCN1CCN(c2ccc(N)nc2)CC1. The van der Waals surface area contributed by atoms with E-state index < -0.39 is 9.84 Å². The third kappa shape index (κ3) is 4.86. The van der Waals surface area contributed by atoms with Crippen molar-refractivity contribution in [2.24, 2.45) is 0 Å². The second-order valence-electron chi connectivity index (χ2n) is 5.36. The standard InChI is InChI=1S/C14H24N4O2S/c1-2-21(19,20)11-3-6-17-7-9-18(10-8-17)13-4-5-14(15)16-12-13/h4-5,12H,2-3,6-11H2,1H3,(H2,15,16). The van der Waals surface area contributed by atoms with E-state index in [2.05, 4.69) is 14.8 Å². The maximum atomic E-state index is 11.5. The molecule has 0 spiro atoms. The number of piperazine rings is 1. The first kappa shape index (κ1) is 16.0. The van der Waals surface area contributed by atoms with Crippen molar-refractivity contribution in [1.29, 1.82) is 0 Å². The first-order valence-corrected chi connectivity index (χ1v) is 9.21. The monoisotopic (exact) mass is 312 g/mol. The molecule has 1 aromatic rings. The Labute approximate surface area is 126 Å². The highest BCUT2D eigenvalue weighted by Gasteiger charge is 2.17. The summed E-state index contributed by atoms with van der Waals surface area (Å²) in [5, 5.41) is 0. The van der Waals surface area contributed by atoms with Crippen LogP contribution < -0.4 is 10.6 Å². The summed E-state index contributed by atoms with van der Waals surface area (Å²) in [5.41, 5.74) is 6.69. The lowest BCUT2D eigenvalue weighted by Gasteiger charge is -2.35. The Balaban J connectivity index is 1.74. The Morgan fingerprint density at radius 1 is 1.24 bits per heavy atom. The van der Waals surface area contributed by atoms with Gasteiger partial charge in [-0.1, -0.05) is 6.92 Å². The van der Waals surface area contributed by atoms with Gasteiger partial charge in [0.25, 0.3) is 0 Å². The van der Waals surface area contributed by atoms with Gasteiger partial charge in [-0.15, -0.1) is 0 Å². The summed E-state index contributed by atoms with van der Waals surface area (Å²) >= 11 is 0. The van der Waals surface area contributed by atoms with Crippen molar-refractivity contribution < 1.29 is 8.42 Å². The molecule has 2 N–H and O–H groups in total. The van der Waals surface area contributed by atoms with Crippen LogP contribution in [0.4, 0.5) is 11.5 Å². The summed E-state index contributed by atoms with van der Waals surface area (Å²) in [6.07, 6.45) is 2.53. The number of nitrogens with two attached hydrogens (primary N) is 1. The van der Waals surface area contributed by atoms with Crippen LogP contribution in [-0.2, 0) is 9.84 Å². The molecule has 1 aliphatic rings. The van der Waals surface area contributed by atoms with Crippen LogP contribution in [0.1, 0.15) is 13.3 Å². The second-order valence-corrected chi connectivity index (χ2v) is 7.83. The number of hydrogen-bond acceptors (Lipinski definition) is 6. The van der Waals surface area contributed by atoms with E-state index >= 15 is 0 Å². The van der Waals surface area contributed by atoms with Gasteiger partial charge in [-0.2, -0.15) is 0 Å². The van der Waals surface area contributed by atoms with E-state index in [1.165, 1.54) is 0 Å². The smallest absolute Gasteiger partial charge is 0.150 e. The normalized spacial score (nSPS) is 17.1. The maximum Gasteiger partial charge on any atom is 0.150 e. The van der Waals surface area contributed by atoms with Crippen LogP contribution in [0.3, 0.4) is 0 Å². The molecule has 0 amide bonds. The lowest BCUT2D eigenvalue weighted by atomic mass is 10.2. The molecule has 0 bridgehead atoms. The molecule has 1 aliphatic heterocycles. The zero-order chi connectivity index (χ0) is 15.3. The lowest BCUT2D eigenvalue weighted by Crippen LogP contribution is -2.46. The highest BCUT2D eigenvalue weighted by molar-refractivity contribution is 7.91. The molecule has 21 heavy (non-hydrogen) atoms. The fourth-order valence-corrected chi connectivity index (χ4v) is 3.32. The Morgan fingerprint density at radius 2 is 1.95 bits per heavy atom. The van der Waals surface area contributed by atoms with Crippen LogP contribution in [-0.4, -0.2) is 62.5 Å². The van der Waals surface area contributed by atoms with Gasteiger partial charge in [0.1, 0.15) is 15.7 Å². The minimum atomic E-state index is -2.84. The summed E-state index contributed by atoms with van der Waals surface area (Å²) in [6, 6.07) is 3.81. The zero-order valence-electron chi connectivity index (χ0n) is 12.5. The van der Waals surface area contributed by atoms with Gasteiger partial charge in [0.15, 0.2) is 0 Å². The topological polar surface area (TPSA) is 79.5 Å². The van der Waals surface area contributed by atoms with Gasteiger partial charge in [-0.05, 0) is 25.1 Å². The molecular weight excluding hydrogens is 288 g/mol. The van der Waals surface area contributed by atoms with Crippen LogP contribution in [0, 0.1) is 0 Å². The number of pyridine rings is 1. The van der Waals surface area contributed by atoms with Gasteiger partial charge < -0.3 is 10.6 Å². The van der Waals surface area contributed by atoms with E-state index in [4.69, 9.17) is 5.73 Å². The summed E-state index contributed by atoms with van der Waals surface area (Å²) in [7, 11) is -2.84. The summed E-state index contributed by atoms with van der Waals surface area (Å²) in [6.45, 7) is 6.34. The molecule has 0 aromatic carbocycles. The molecule has 0 radical (unpaired) electrons. The average Bonchev–Trinajstić information content (AvgIpc) is 2.49. The first-order valence-electron chi connectivity index (χ1n) is 7.39. The summed E-state index contributed by atoms with van der Waals surface area (Å²) in [4.78, 5) is 8.72. The predicted molar refractivity (Wildman–Crippen MR) is 86.2 cm³/mol. The van der Waals surface area contributed by atoms with Crippen LogP contribution in [0.5, 0.6) is 0 Å². The molecule has 1 saturated heterocycles. The van der Waals surface area contributed by atoms with Crippen molar-refractivity contribution in [3.63, 3.8) is 0 Å². The molecule has 0 saturated carbocycles. The lowest BCUT2D eigenvalue weighted by molar-refractivity contribution is 0.258. The van der Waals surface area contributed by atoms with Gasteiger partial charge >= 0.3 is 0 Å². The minimum absolute atomic E-state index is 0.241. The van der Waals surface area contributed by atoms with Gasteiger partial charge in [0.05, 0.1) is 17.6 Å². The largest absolute Gasteiger partial charge is 0.384 e. The van der Waals surface area contributed by atoms with Crippen molar-refractivity contribution in [2.75, 3.05) is 54.9 Å². The van der Waals surface area contributed by atoms with E-state index in [9.17, 15) is 8.42 Å². The highest BCUT2D eigenvalue weighted by Crippen LogP contribution is 2.16. The van der Waals surface area contributed by atoms with Gasteiger partial charge in [-0.3, -0.25) is 4.90 Å². The summed E-state index contributed by atoms with van der Waals surface area (Å²) in [5.74, 6) is 1.07. The number of aromatic nitrogens is 1. The molecule has 6 nitrogen and oxygen atoms in total. The van der Waals surface area contributed by atoms with E-state index in [-0.39, 0.29) is 5.75 Å². The maximum absolute atomic E-state index is 11.5. The van der Waals surface area contributed by atoms with Crippen LogP contribution in [0.25, 0.3) is 0 Å². The van der Waals surface area contributed by atoms with Gasteiger partial charge in [0.2, 0.25) is 0 Å². The predicted octanol–water partition coefficient (Wildman–Crippen LogP) is 0.611. The van der Waals surface area contributed by atoms with E-state index in [1.54, 1.807) is 13.1 Å². The van der Waals surface area contributed by atoms with Crippen molar-refractivity contribution in [2.45, 2.75) is 13.3 Å². The third-order valence-corrected chi connectivity index (χ3v) is 5.67. The Kier molecular flexibility index (Phi) is 5.41. The van der Waals surface area contributed by atoms with Gasteiger partial charge in [0, 0.05) is 31.9 Å². The fourth-order valence-electron chi connectivity index (χ4n) is 2.47. The number of sulfone groups is 1.